The number of nitrogens with zero attached hydrogens (tertiary/aromatic N) is 2. The van der Waals surface area contributed by atoms with Gasteiger partial charge in [-0.25, -0.2) is 0 Å². The van der Waals surface area contributed by atoms with Crippen LogP contribution in [0.4, 0.5) is 17.1 Å². The summed E-state index contributed by atoms with van der Waals surface area (Å²) in [4.78, 5) is 6.69. The molecule has 0 spiro atoms. The van der Waals surface area contributed by atoms with Gasteiger partial charge in [-0.1, -0.05) is 92.0 Å². The quantitative estimate of drug-likeness (QED) is 0.147. The van der Waals surface area contributed by atoms with Crippen LogP contribution in [-0.2, 0) is 6.54 Å². The van der Waals surface area contributed by atoms with E-state index in [4.69, 9.17) is 0 Å². The highest BCUT2D eigenvalue weighted by atomic mass is 15.2. The Bertz CT molecular complexity index is 1940. The molecular formula is C40H34N2. The van der Waals surface area contributed by atoms with E-state index in [2.05, 4.69) is 147 Å². The van der Waals surface area contributed by atoms with Crippen LogP contribution in [0.15, 0.2) is 145 Å². The van der Waals surface area contributed by atoms with Gasteiger partial charge in [0, 0.05) is 17.8 Å². The molecule has 0 aromatic heterocycles. The standard InChI is InChI=1S/C40H34N2/c1-6-30(21-28(3)29(4)22-31-14-8-7-13-27(31)2)34-19-20-39-37(25-34)36-24-33-16-10-9-15-32(33)23-35(36)26-42(39)40-18-12-11-17-38(40)41-5/h6-25H,1,3,5,26H2,2,4H3/b29-22+,30-21+. The molecular weight excluding hydrogens is 508 g/mol. The van der Waals surface area contributed by atoms with E-state index in [1.165, 1.54) is 38.6 Å². The molecule has 0 bridgehead atoms. The third-order valence-corrected chi connectivity index (χ3v) is 8.17. The number of allylic oxidation sites excluding steroid dienone is 5. The first-order valence-electron chi connectivity index (χ1n) is 14.2. The smallest absolute Gasteiger partial charge is 0.0859 e. The number of hydrogen-bond donors (Lipinski definition) is 0. The van der Waals surface area contributed by atoms with Gasteiger partial charge in [0.1, 0.15) is 0 Å². The van der Waals surface area contributed by atoms with E-state index >= 15 is 0 Å². The number of anilines is 2. The number of rotatable bonds is 7. The molecule has 2 heteroatoms. The summed E-state index contributed by atoms with van der Waals surface area (Å²) in [5, 5.41) is 2.48. The fraction of sp³-hybridized carbons (Fsp3) is 0.0750. The molecule has 0 radical (unpaired) electrons. The Hall–Kier alpha value is -5.21. The first-order chi connectivity index (χ1) is 20.5. The first-order valence-corrected chi connectivity index (χ1v) is 14.2. The Labute approximate surface area is 249 Å². The topological polar surface area (TPSA) is 15.6 Å². The van der Waals surface area contributed by atoms with E-state index in [-0.39, 0.29) is 0 Å². The fourth-order valence-corrected chi connectivity index (χ4v) is 5.77. The average Bonchev–Trinajstić information content (AvgIpc) is 3.03. The van der Waals surface area contributed by atoms with Gasteiger partial charge in [0.2, 0.25) is 0 Å². The second kappa shape index (κ2) is 11.3. The molecule has 2 nitrogen and oxygen atoms in total. The maximum atomic E-state index is 4.41. The highest BCUT2D eigenvalue weighted by Crippen LogP contribution is 2.47. The van der Waals surface area contributed by atoms with E-state index in [1.807, 2.05) is 18.2 Å². The largest absolute Gasteiger partial charge is 0.335 e. The summed E-state index contributed by atoms with van der Waals surface area (Å²) in [6, 6.07) is 36.5. The molecule has 0 saturated carbocycles. The van der Waals surface area contributed by atoms with Crippen molar-refractivity contribution in [3.8, 4) is 11.1 Å². The fourth-order valence-electron chi connectivity index (χ4n) is 5.77. The monoisotopic (exact) mass is 542 g/mol. The molecule has 1 aliphatic heterocycles. The summed E-state index contributed by atoms with van der Waals surface area (Å²) < 4.78 is 0. The van der Waals surface area contributed by atoms with Crippen LogP contribution in [0.3, 0.4) is 0 Å². The maximum absolute atomic E-state index is 4.41. The van der Waals surface area contributed by atoms with Gasteiger partial charge in [0.25, 0.3) is 0 Å². The molecule has 0 saturated heterocycles. The van der Waals surface area contributed by atoms with E-state index in [0.29, 0.717) is 0 Å². The summed E-state index contributed by atoms with van der Waals surface area (Å²) >= 11 is 0. The molecule has 0 fully saturated rings. The molecule has 0 amide bonds. The molecule has 5 aromatic rings. The zero-order valence-corrected chi connectivity index (χ0v) is 24.3. The van der Waals surface area contributed by atoms with E-state index < -0.39 is 0 Å². The normalized spacial score (nSPS) is 13.0. The van der Waals surface area contributed by atoms with Crippen LogP contribution in [0.5, 0.6) is 0 Å². The Balaban J connectivity index is 1.47. The van der Waals surface area contributed by atoms with Gasteiger partial charge >= 0.3 is 0 Å². The number of hydrogen-bond acceptors (Lipinski definition) is 2. The van der Waals surface area contributed by atoms with Crippen molar-refractivity contribution in [2.24, 2.45) is 4.99 Å². The molecule has 0 unspecified atom stereocenters. The van der Waals surface area contributed by atoms with Gasteiger partial charge in [-0.05, 0) is 118 Å². The van der Waals surface area contributed by atoms with Crippen molar-refractivity contribution in [1.82, 2.24) is 0 Å². The van der Waals surface area contributed by atoms with Crippen LogP contribution in [0.2, 0.25) is 0 Å². The predicted molar refractivity (Wildman–Crippen MR) is 183 cm³/mol. The Morgan fingerprint density at radius 2 is 1.52 bits per heavy atom. The molecule has 1 heterocycles. The molecule has 0 aliphatic carbocycles. The number of fused-ring (bicyclic) bond motifs is 4. The van der Waals surface area contributed by atoms with Crippen molar-refractivity contribution >= 4 is 46.2 Å². The van der Waals surface area contributed by atoms with Crippen LogP contribution in [-0.4, -0.2) is 6.72 Å². The van der Waals surface area contributed by atoms with E-state index in [9.17, 15) is 0 Å². The summed E-state index contributed by atoms with van der Waals surface area (Å²) in [5.74, 6) is 0. The zero-order chi connectivity index (χ0) is 29.2. The van der Waals surface area contributed by atoms with Gasteiger partial charge in [0.05, 0.1) is 11.4 Å². The van der Waals surface area contributed by atoms with Crippen LogP contribution in [0.25, 0.3) is 33.5 Å². The maximum Gasteiger partial charge on any atom is 0.0859 e. The van der Waals surface area contributed by atoms with Crippen molar-refractivity contribution in [3.05, 3.63) is 162 Å². The van der Waals surface area contributed by atoms with Crippen molar-refractivity contribution in [1.29, 1.82) is 0 Å². The second-order valence-corrected chi connectivity index (χ2v) is 10.8. The highest BCUT2D eigenvalue weighted by Gasteiger charge is 2.25. The zero-order valence-electron chi connectivity index (χ0n) is 24.3. The summed E-state index contributed by atoms with van der Waals surface area (Å²) in [5.41, 5.74) is 13.5. The third-order valence-electron chi connectivity index (χ3n) is 8.17. The Morgan fingerprint density at radius 3 is 2.29 bits per heavy atom. The minimum atomic E-state index is 0.753. The number of benzene rings is 5. The molecule has 1 aliphatic rings. The van der Waals surface area contributed by atoms with Crippen LogP contribution in [0.1, 0.15) is 29.2 Å². The van der Waals surface area contributed by atoms with Gasteiger partial charge in [-0.3, -0.25) is 4.99 Å². The van der Waals surface area contributed by atoms with Crippen molar-refractivity contribution in [2.45, 2.75) is 20.4 Å². The predicted octanol–water partition coefficient (Wildman–Crippen LogP) is 11.0. The minimum absolute atomic E-state index is 0.753. The van der Waals surface area contributed by atoms with Crippen molar-refractivity contribution in [3.63, 3.8) is 0 Å². The van der Waals surface area contributed by atoms with Gasteiger partial charge in [0.15, 0.2) is 0 Å². The van der Waals surface area contributed by atoms with Crippen LogP contribution >= 0.6 is 0 Å². The summed E-state index contributed by atoms with van der Waals surface area (Å²) in [6.45, 7) is 17.4. The molecule has 204 valence electrons. The average molecular weight is 543 g/mol. The Morgan fingerprint density at radius 1 is 0.810 bits per heavy atom. The first kappa shape index (κ1) is 27.0. The lowest BCUT2D eigenvalue weighted by Gasteiger charge is -2.34. The number of aliphatic imine (C=N–C) groups is 1. The van der Waals surface area contributed by atoms with Crippen molar-refractivity contribution < 1.29 is 0 Å². The van der Waals surface area contributed by atoms with Crippen LogP contribution in [0, 0.1) is 6.92 Å². The van der Waals surface area contributed by atoms with Gasteiger partial charge in [-0.15, -0.1) is 0 Å². The Kier molecular flexibility index (Phi) is 7.29. The lowest BCUT2D eigenvalue weighted by molar-refractivity contribution is 0.963. The minimum Gasteiger partial charge on any atom is -0.335 e. The molecule has 42 heavy (non-hydrogen) atoms. The number of aryl methyl sites for hydroxylation is 1. The lowest BCUT2D eigenvalue weighted by atomic mass is 9.88. The van der Waals surface area contributed by atoms with E-state index in [0.717, 1.165) is 45.9 Å². The summed E-state index contributed by atoms with van der Waals surface area (Å²) in [7, 11) is 0. The SMILES string of the molecule is C=C/C(=C\C(=C)/C(C)=C/c1ccccc1C)c1ccc2c(c1)-c1cc3ccccc3cc1CN2c1ccccc1N=C. The highest BCUT2D eigenvalue weighted by molar-refractivity contribution is 5.97. The van der Waals surface area contributed by atoms with Gasteiger partial charge < -0.3 is 4.90 Å². The molecule has 0 atom stereocenters. The molecule has 0 N–H and O–H groups in total. The van der Waals surface area contributed by atoms with E-state index in [1.54, 1.807) is 0 Å². The molecule has 5 aromatic carbocycles. The number of para-hydroxylation sites is 2. The molecule has 6 rings (SSSR count). The summed E-state index contributed by atoms with van der Waals surface area (Å²) in [6.07, 6.45) is 6.26. The third kappa shape index (κ3) is 5.04. The van der Waals surface area contributed by atoms with Crippen molar-refractivity contribution in [2.75, 3.05) is 4.90 Å². The lowest BCUT2D eigenvalue weighted by Crippen LogP contribution is -2.21. The van der Waals surface area contributed by atoms with Crippen LogP contribution < -0.4 is 4.90 Å². The van der Waals surface area contributed by atoms with Gasteiger partial charge in [-0.2, -0.15) is 0 Å². The second-order valence-electron chi connectivity index (χ2n) is 10.8.